The Morgan fingerprint density at radius 3 is 2.74 bits per heavy atom. The minimum absolute atomic E-state index is 0.212. The molecule has 1 amide bonds. The number of likely N-dealkylation sites (tertiary alicyclic amines) is 1. The van der Waals surface area contributed by atoms with Gasteiger partial charge in [0.15, 0.2) is 6.04 Å². The maximum Gasteiger partial charge on any atom is 0.385 e. The lowest BCUT2D eigenvalue weighted by atomic mass is 9.80. The number of hydrogen-bond donors (Lipinski definition) is 2. The largest absolute Gasteiger partial charge is 0.477 e. The van der Waals surface area contributed by atoms with Crippen molar-refractivity contribution < 1.29 is 19.6 Å². The molecule has 2 atom stereocenters. The molecule has 0 spiro atoms. The lowest BCUT2D eigenvalue weighted by Crippen LogP contribution is -2.67. The first kappa shape index (κ1) is 15.5. The molecule has 0 radical (unpaired) electrons. The Morgan fingerprint density at radius 2 is 2.17 bits per heavy atom. The van der Waals surface area contributed by atoms with E-state index in [1.807, 2.05) is 0 Å². The number of nitrogen functional groups attached to an aromatic ring is 1. The number of rotatable bonds is 2. The molecular formula is C15H19N3O5. The van der Waals surface area contributed by atoms with E-state index in [4.69, 9.17) is 10.5 Å². The van der Waals surface area contributed by atoms with Crippen LogP contribution in [-0.4, -0.2) is 38.7 Å². The van der Waals surface area contributed by atoms with Gasteiger partial charge in [-0.25, -0.2) is 0 Å². The smallest absolute Gasteiger partial charge is 0.385 e. The molecule has 8 heteroatoms. The second-order valence-corrected chi connectivity index (χ2v) is 6.49. The molecule has 23 heavy (non-hydrogen) atoms. The van der Waals surface area contributed by atoms with Crippen LogP contribution in [0, 0.1) is 10.1 Å². The summed E-state index contributed by atoms with van der Waals surface area (Å²) in [5.74, 6) is 0.141. The van der Waals surface area contributed by atoms with Gasteiger partial charge in [-0.2, -0.15) is 0 Å². The molecule has 0 aliphatic carbocycles. The number of amides is 1. The highest BCUT2D eigenvalue weighted by atomic mass is 16.7. The van der Waals surface area contributed by atoms with E-state index in [1.165, 1.54) is 18.7 Å². The fraction of sp³-hybridized carbons (Fsp3) is 0.533. The second kappa shape index (κ2) is 4.82. The molecule has 1 aromatic carbocycles. The second-order valence-electron chi connectivity index (χ2n) is 6.49. The number of carbonyl (C=O) groups is 1. The molecule has 2 heterocycles. The van der Waals surface area contributed by atoms with E-state index in [-0.39, 0.29) is 5.91 Å². The number of hydrogen-bond acceptors (Lipinski definition) is 6. The van der Waals surface area contributed by atoms with E-state index in [2.05, 4.69) is 0 Å². The summed E-state index contributed by atoms with van der Waals surface area (Å²) in [5.41, 5.74) is 2.61. The number of benzene rings is 1. The van der Waals surface area contributed by atoms with Crippen molar-refractivity contribution in [1.29, 1.82) is 0 Å². The third-order valence-corrected chi connectivity index (χ3v) is 4.66. The lowest BCUT2D eigenvalue weighted by molar-refractivity contribution is -0.658. The van der Waals surface area contributed by atoms with Crippen molar-refractivity contribution in [2.24, 2.45) is 0 Å². The van der Waals surface area contributed by atoms with Gasteiger partial charge >= 0.3 is 5.72 Å². The Hall–Kier alpha value is -2.35. The van der Waals surface area contributed by atoms with E-state index in [0.717, 1.165) is 0 Å². The van der Waals surface area contributed by atoms with Crippen molar-refractivity contribution in [1.82, 2.24) is 4.90 Å². The molecule has 124 valence electrons. The van der Waals surface area contributed by atoms with Crippen molar-refractivity contribution in [3.63, 3.8) is 0 Å². The summed E-state index contributed by atoms with van der Waals surface area (Å²) in [7, 11) is 0. The number of ether oxygens (including phenoxy) is 1. The minimum Gasteiger partial charge on any atom is -0.477 e. The van der Waals surface area contributed by atoms with Gasteiger partial charge in [-0.1, -0.05) is 6.07 Å². The molecule has 3 rings (SSSR count). The van der Waals surface area contributed by atoms with E-state index < -0.39 is 22.3 Å². The molecule has 8 nitrogen and oxygen atoms in total. The summed E-state index contributed by atoms with van der Waals surface area (Å²) >= 11 is 0. The molecule has 1 saturated heterocycles. The van der Waals surface area contributed by atoms with Crippen LogP contribution < -0.4 is 10.5 Å². The van der Waals surface area contributed by atoms with Crippen molar-refractivity contribution in [2.45, 2.75) is 44.1 Å². The first-order valence-electron chi connectivity index (χ1n) is 7.43. The fourth-order valence-corrected chi connectivity index (χ4v) is 3.41. The van der Waals surface area contributed by atoms with Crippen molar-refractivity contribution in [3.8, 4) is 5.75 Å². The Balaban J connectivity index is 2.25. The third kappa shape index (κ3) is 2.05. The maximum absolute atomic E-state index is 12.2. The number of fused-ring (bicyclic) bond motifs is 1. The predicted octanol–water partition coefficient (Wildman–Crippen LogP) is 1.07. The Bertz CT molecular complexity index is 690. The van der Waals surface area contributed by atoms with Crippen LogP contribution >= 0.6 is 0 Å². The third-order valence-electron chi connectivity index (χ3n) is 4.66. The predicted molar refractivity (Wildman–Crippen MR) is 81.2 cm³/mol. The first-order valence-corrected chi connectivity index (χ1v) is 7.43. The lowest BCUT2D eigenvalue weighted by Gasteiger charge is -2.47. The molecule has 3 N–H and O–H groups in total. The summed E-state index contributed by atoms with van der Waals surface area (Å²) in [6.07, 6.45) is 0.921. The van der Waals surface area contributed by atoms with E-state index >= 15 is 0 Å². The van der Waals surface area contributed by atoms with Gasteiger partial charge in [-0.3, -0.25) is 14.9 Å². The highest BCUT2D eigenvalue weighted by Gasteiger charge is 2.68. The minimum atomic E-state index is -2.46. The van der Waals surface area contributed by atoms with E-state index in [9.17, 15) is 20.0 Å². The molecule has 0 unspecified atom stereocenters. The average molecular weight is 321 g/mol. The molecule has 1 fully saturated rings. The van der Waals surface area contributed by atoms with Gasteiger partial charge in [0, 0.05) is 30.3 Å². The van der Waals surface area contributed by atoms with Gasteiger partial charge in [0.2, 0.25) is 11.5 Å². The highest BCUT2D eigenvalue weighted by Crippen LogP contribution is 2.50. The summed E-state index contributed by atoms with van der Waals surface area (Å²) in [6, 6.07) is 3.59. The van der Waals surface area contributed by atoms with Gasteiger partial charge in [0.05, 0.1) is 4.92 Å². The maximum atomic E-state index is 12.2. The van der Waals surface area contributed by atoms with Crippen LogP contribution in [0.2, 0.25) is 0 Å². The standard InChI is InChI=1S/C15H19N3O5/c1-14(2)15(20,18(21)22)13(17-7-3-4-12(17)19)10-6-5-9(16)8-11(10)23-14/h5-6,8,13,20H,3-4,7,16H2,1-2H3/t13-,15-/m0/s1. The highest BCUT2D eigenvalue weighted by molar-refractivity contribution is 5.79. The normalized spacial score (nSPS) is 29.1. The molecule has 0 bridgehead atoms. The quantitative estimate of drug-likeness (QED) is 0.364. The van der Waals surface area contributed by atoms with E-state index in [1.54, 1.807) is 18.2 Å². The molecule has 0 aromatic heterocycles. The SMILES string of the molecule is CC1(C)Oc2cc(N)ccc2[C@H](N2CCCC2=O)[C@@]1(O)[N+](=O)[O-]. The molecule has 2 aliphatic rings. The van der Waals surface area contributed by atoms with Gasteiger partial charge in [0.1, 0.15) is 5.75 Å². The van der Waals surface area contributed by atoms with Gasteiger partial charge in [0.25, 0.3) is 0 Å². The molecular weight excluding hydrogens is 302 g/mol. The van der Waals surface area contributed by atoms with Gasteiger partial charge < -0.3 is 20.5 Å². The first-order chi connectivity index (χ1) is 10.7. The number of nitro groups is 1. The van der Waals surface area contributed by atoms with Gasteiger partial charge in [-0.15, -0.1) is 0 Å². The zero-order chi connectivity index (χ0) is 17.0. The number of aliphatic hydroxyl groups is 1. The van der Waals surface area contributed by atoms with Crippen LogP contribution in [0.3, 0.4) is 0 Å². The van der Waals surface area contributed by atoms with Crippen LogP contribution in [0.15, 0.2) is 18.2 Å². The topological polar surface area (TPSA) is 119 Å². The molecule has 1 aromatic rings. The monoisotopic (exact) mass is 321 g/mol. The average Bonchev–Trinajstić information content (AvgIpc) is 2.85. The van der Waals surface area contributed by atoms with Crippen molar-refractivity contribution in [3.05, 3.63) is 33.9 Å². The molecule has 0 saturated carbocycles. The van der Waals surface area contributed by atoms with Crippen LogP contribution in [0.1, 0.15) is 38.3 Å². The summed E-state index contributed by atoms with van der Waals surface area (Å²) < 4.78 is 5.69. The number of anilines is 1. The van der Waals surface area contributed by atoms with Crippen LogP contribution in [0.5, 0.6) is 5.75 Å². The zero-order valence-corrected chi connectivity index (χ0v) is 13.0. The van der Waals surface area contributed by atoms with Crippen molar-refractivity contribution >= 4 is 11.6 Å². The fourth-order valence-electron chi connectivity index (χ4n) is 3.41. The summed E-state index contributed by atoms with van der Waals surface area (Å²) in [4.78, 5) is 24.6. The number of nitrogens with two attached hydrogens (primary N) is 1. The molecule has 2 aliphatic heterocycles. The summed E-state index contributed by atoms with van der Waals surface area (Å²) in [5, 5.41) is 22.7. The van der Waals surface area contributed by atoms with Crippen LogP contribution in [0.4, 0.5) is 5.69 Å². The Morgan fingerprint density at radius 1 is 1.48 bits per heavy atom. The zero-order valence-electron chi connectivity index (χ0n) is 13.0. The Kier molecular flexibility index (Phi) is 3.26. The van der Waals surface area contributed by atoms with Gasteiger partial charge in [-0.05, 0) is 26.3 Å². The van der Waals surface area contributed by atoms with Crippen LogP contribution in [-0.2, 0) is 4.79 Å². The Labute approximate surface area is 133 Å². The number of carbonyl (C=O) groups excluding carboxylic acids is 1. The van der Waals surface area contributed by atoms with Crippen molar-refractivity contribution in [2.75, 3.05) is 12.3 Å². The number of nitrogens with zero attached hydrogens (tertiary/aromatic N) is 2. The van der Waals surface area contributed by atoms with E-state index in [0.29, 0.717) is 36.4 Å². The van der Waals surface area contributed by atoms with Crippen LogP contribution in [0.25, 0.3) is 0 Å². The summed E-state index contributed by atoms with van der Waals surface area (Å²) in [6.45, 7) is 3.24.